The molecule has 1 atom stereocenters. The van der Waals surface area contributed by atoms with E-state index in [1.165, 1.54) is 0 Å². The smallest absolute Gasteiger partial charge is 0.309 e. The van der Waals surface area contributed by atoms with Gasteiger partial charge in [0.2, 0.25) is 0 Å². The van der Waals surface area contributed by atoms with Crippen LogP contribution < -0.4 is 0 Å². The molecule has 0 radical (unpaired) electrons. The summed E-state index contributed by atoms with van der Waals surface area (Å²) in [4.78, 5) is 11.7. The van der Waals surface area contributed by atoms with Gasteiger partial charge in [0.1, 0.15) is 5.60 Å². The maximum Gasteiger partial charge on any atom is 0.309 e. The van der Waals surface area contributed by atoms with Crippen molar-refractivity contribution in [3.05, 3.63) is 22.4 Å². The van der Waals surface area contributed by atoms with E-state index in [4.69, 9.17) is 4.74 Å². The van der Waals surface area contributed by atoms with Crippen molar-refractivity contribution in [1.82, 2.24) is 0 Å². The molecule has 1 heterocycles. The lowest BCUT2D eigenvalue weighted by molar-refractivity contribution is -0.162. The van der Waals surface area contributed by atoms with E-state index in [0.717, 1.165) is 12.0 Å². The first-order chi connectivity index (χ1) is 6.97. The van der Waals surface area contributed by atoms with Gasteiger partial charge in [0.25, 0.3) is 0 Å². The Kier molecular flexibility index (Phi) is 3.91. The molecule has 1 aromatic heterocycles. The van der Waals surface area contributed by atoms with Crippen LogP contribution in [0, 0.1) is 5.92 Å². The third-order valence-electron chi connectivity index (χ3n) is 2.59. The number of ether oxygens (including phenoxy) is 1. The molecule has 0 aromatic carbocycles. The van der Waals surface area contributed by atoms with Crippen molar-refractivity contribution in [2.45, 2.75) is 39.7 Å². The minimum Gasteiger partial charge on any atom is -0.455 e. The SMILES string of the molecule is CCC(C)C(=O)OC(C)(C)c1ccsc1. The second-order valence-electron chi connectivity index (χ2n) is 4.25. The first-order valence-corrected chi connectivity index (χ1v) is 6.17. The van der Waals surface area contributed by atoms with Gasteiger partial charge in [0.15, 0.2) is 0 Å². The molecule has 0 fully saturated rings. The number of hydrogen-bond acceptors (Lipinski definition) is 3. The summed E-state index contributed by atoms with van der Waals surface area (Å²) in [6.45, 7) is 7.74. The number of esters is 1. The molecule has 1 unspecified atom stereocenters. The molecule has 0 aliphatic rings. The summed E-state index contributed by atoms with van der Waals surface area (Å²) >= 11 is 1.62. The molecule has 0 aliphatic carbocycles. The maximum absolute atomic E-state index is 11.7. The van der Waals surface area contributed by atoms with Crippen LogP contribution >= 0.6 is 11.3 Å². The number of hydrogen-bond donors (Lipinski definition) is 0. The summed E-state index contributed by atoms with van der Waals surface area (Å²) in [5, 5.41) is 4.01. The molecular formula is C12H18O2S. The van der Waals surface area contributed by atoms with Gasteiger partial charge < -0.3 is 4.74 Å². The first kappa shape index (κ1) is 12.2. The molecule has 0 saturated carbocycles. The average Bonchev–Trinajstić information content (AvgIpc) is 2.69. The van der Waals surface area contributed by atoms with E-state index in [2.05, 4.69) is 0 Å². The van der Waals surface area contributed by atoms with E-state index in [0.29, 0.717) is 0 Å². The quantitative estimate of drug-likeness (QED) is 0.734. The van der Waals surface area contributed by atoms with E-state index < -0.39 is 5.60 Å². The molecule has 2 nitrogen and oxygen atoms in total. The Hall–Kier alpha value is -0.830. The fourth-order valence-electron chi connectivity index (χ4n) is 1.18. The van der Waals surface area contributed by atoms with Gasteiger partial charge >= 0.3 is 5.97 Å². The molecule has 0 amide bonds. The van der Waals surface area contributed by atoms with Crippen LogP contribution in [0.4, 0.5) is 0 Å². The zero-order valence-corrected chi connectivity index (χ0v) is 10.6. The second kappa shape index (κ2) is 4.79. The lowest BCUT2D eigenvalue weighted by Gasteiger charge is -2.25. The summed E-state index contributed by atoms with van der Waals surface area (Å²) in [7, 11) is 0. The molecule has 0 N–H and O–H groups in total. The Morgan fingerprint density at radius 3 is 2.73 bits per heavy atom. The van der Waals surface area contributed by atoms with Crippen LogP contribution in [0.2, 0.25) is 0 Å². The highest BCUT2D eigenvalue weighted by Crippen LogP contribution is 2.27. The van der Waals surface area contributed by atoms with Gasteiger partial charge in [0, 0.05) is 5.56 Å². The van der Waals surface area contributed by atoms with Crippen molar-refractivity contribution < 1.29 is 9.53 Å². The van der Waals surface area contributed by atoms with E-state index in [1.807, 2.05) is 44.5 Å². The summed E-state index contributed by atoms with van der Waals surface area (Å²) in [5.41, 5.74) is 0.546. The minimum absolute atomic E-state index is 0.0251. The van der Waals surface area contributed by atoms with E-state index in [-0.39, 0.29) is 11.9 Å². The Balaban J connectivity index is 2.69. The van der Waals surface area contributed by atoms with E-state index >= 15 is 0 Å². The van der Waals surface area contributed by atoms with Gasteiger partial charge in [0.05, 0.1) is 5.92 Å². The molecule has 3 heteroatoms. The maximum atomic E-state index is 11.7. The number of rotatable bonds is 4. The fourth-order valence-corrected chi connectivity index (χ4v) is 2.00. The van der Waals surface area contributed by atoms with E-state index in [1.54, 1.807) is 11.3 Å². The van der Waals surface area contributed by atoms with Crippen molar-refractivity contribution in [2.24, 2.45) is 5.92 Å². The van der Waals surface area contributed by atoms with Gasteiger partial charge in [-0.05, 0) is 37.1 Å². The summed E-state index contributed by atoms with van der Waals surface area (Å²) in [6, 6.07) is 1.99. The molecule has 84 valence electrons. The van der Waals surface area contributed by atoms with Crippen molar-refractivity contribution in [2.75, 3.05) is 0 Å². The zero-order valence-electron chi connectivity index (χ0n) is 9.74. The molecular weight excluding hydrogens is 208 g/mol. The van der Waals surface area contributed by atoms with Crippen LogP contribution in [0.15, 0.2) is 16.8 Å². The van der Waals surface area contributed by atoms with Crippen LogP contribution in [0.25, 0.3) is 0 Å². The monoisotopic (exact) mass is 226 g/mol. The molecule has 1 aromatic rings. The third kappa shape index (κ3) is 3.06. The van der Waals surface area contributed by atoms with Crippen LogP contribution in [0.5, 0.6) is 0 Å². The van der Waals surface area contributed by atoms with Crippen LogP contribution in [0.3, 0.4) is 0 Å². The van der Waals surface area contributed by atoms with Gasteiger partial charge in [-0.3, -0.25) is 4.79 Å². The lowest BCUT2D eigenvalue weighted by atomic mass is 10.0. The highest BCUT2D eigenvalue weighted by molar-refractivity contribution is 7.08. The summed E-state index contributed by atoms with van der Waals surface area (Å²) < 4.78 is 5.50. The molecule has 15 heavy (non-hydrogen) atoms. The topological polar surface area (TPSA) is 26.3 Å². The fraction of sp³-hybridized carbons (Fsp3) is 0.583. The third-order valence-corrected chi connectivity index (χ3v) is 3.27. The van der Waals surface area contributed by atoms with E-state index in [9.17, 15) is 4.79 Å². The van der Waals surface area contributed by atoms with Crippen LogP contribution in [-0.2, 0) is 15.1 Å². The summed E-state index contributed by atoms with van der Waals surface area (Å²) in [5.74, 6) is -0.142. The molecule has 0 bridgehead atoms. The van der Waals surface area contributed by atoms with Crippen molar-refractivity contribution >= 4 is 17.3 Å². The molecule has 1 rings (SSSR count). The summed E-state index contributed by atoms with van der Waals surface area (Å²) in [6.07, 6.45) is 0.818. The van der Waals surface area contributed by atoms with Crippen LogP contribution in [0.1, 0.15) is 39.7 Å². The number of carbonyl (C=O) groups excluding carboxylic acids is 1. The largest absolute Gasteiger partial charge is 0.455 e. The van der Waals surface area contributed by atoms with Crippen molar-refractivity contribution in [3.63, 3.8) is 0 Å². The standard InChI is InChI=1S/C12H18O2S/c1-5-9(2)11(13)14-12(3,4)10-6-7-15-8-10/h6-9H,5H2,1-4H3. The Morgan fingerprint density at radius 2 is 2.27 bits per heavy atom. The lowest BCUT2D eigenvalue weighted by Crippen LogP contribution is -2.28. The molecule has 0 spiro atoms. The van der Waals surface area contributed by atoms with Gasteiger partial charge in [-0.25, -0.2) is 0 Å². The average molecular weight is 226 g/mol. The van der Waals surface area contributed by atoms with Crippen molar-refractivity contribution in [1.29, 1.82) is 0 Å². The Bertz CT molecular complexity index is 314. The predicted octanol–water partition coefficient (Wildman–Crippen LogP) is 3.57. The first-order valence-electron chi connectivity index (χ1n) is 5.23. The molecule has 0 aliphatic heterocycles. The predicted molar refractivity (Wildman–Crippen MR) is 62.9 cm³/mol. The Morgan fingerprint density at radius 1 is 1.60 bits per heavy atom. The molecule has 0 saturated heterocycles. The van der Waals surface area contributed by atoms with Gasteiger partial charge in [-0.15, -0.1) is 0 Å². The highest BCUT2D eigenvalue weighted by atomic mass is 32.1. The van der Waals surface area contributed by atoms with Crippen molar-refractivity contribution in [3.8, 4) is 0 Å². The zero-order chi connectivity index (χ0) is 11.5. The van der Waals surface area contributed by atoms with Gasteiger partial charge in [-0.2, -0.15) is 11.3 Å². The second-order valence-corrected chi connectivity index (χ2v) is 5.03. The normalized spacial score (nSPS) is 13.6. The number of thiophene rings is 1. The number of carbonyl (C=O) groups is 1. The minimum atomic E-state index is -0.513. The van der Waals surface area contributed by atoms with Crippen LogP contribution in [-0.4, -0.2) is 5.97 Å². The van der Waals surface area contributed by atoms with Gasteiger partial charge in [-0.1, -0.05) is 13.8 Å². The Labute approximate surface area is 95.3 Å². The highest BCUT2D eigenvalue weighted by Gasteiger charge is 2.27.